The molecule has 1 heterocycles. The van der Waals surface area contributed by atoms with Crippen LogP contribution >= 0.6 is 15.9 Å². The molecule has 0 saturated heterocycles. The van der Waals surface area contributed by atoms with Crippen molar-refractivity contribution in [2.24, 2.45) is 0 Å². The van der Waals surface area contributed by atoms with Crippen LogP contribution in [-0.2, 0) is 17.9 Å². The summed E-state index contributed by atoms with van der Waals surface area (Å²) in [6.07, 6.45) is 4.12. The summed E-state index contributed by atoms with van der Waals surface area (Å²) < 4.78 is 8.54. The smallest absolute Gasteiger partial charge is 0.0896 e. The minimum absolute atomic E-state index is 0.647. The molecule has 1 rings (SSSR count). The molecule has 80 valence electrons. The molecular formula is C10H17BrN2O. The fourth-order valence-electron chi connectivity index (χ4n) is 1.22. The molecule has 0 spiro atoms. The maximum absolute atomic E-state index is 5.55. The number of halogens is 1. The average Bonchev–Trinajstić information content (AvgIpc) is 2.55. The van der Waals surface area contributed by atoms with Gasteiger partial charge in [-0.3, -0.25) is 4.68 Å². The molecule has 1 aromatic heterocycles. The van der Waals surface area contributed by atoms with Crippen LogP contribution < -0.4 is 0 Å². The SMILES string of the molecule is CCCCOCc1c(Br)cnn1CC. The Bertz CT molecular complexity index is 273. The molecular weight excluding hydrogens is 244 g/mol. The molecule has 4 heteroatoms. The van der Waals surface area contributed by atoms with E-state index in [1.807, 2.05) is 10.9 Å². The topological polar surface area (TPSA) is 27.1 Å². The molecule has 0 unspecified atom stereocenters. The van der Waals surface area contributed by atoms with Gasteiger partial charge < -0.3 is 4.74 Å². The van der Waals surface area contributed by atoms with Crippen LogP contribution in [0.2, 0.25) is 0 Å². The van der Waals surface area contributed by atoms with E-state index in [1.54, 1.807) is 0 Å². The molecule has 0 bridgehead atoms. The summed E-state index contributed by atoms with van der Waals surface area (Å²) in [4.78, 5) is 0. The third-order valence-electron chi connectivity index (χ3n) is 2.08. The van der Waals surface area contributed by atoms with Crippen LogP contribution in [0.4, 0.5) is 0 Å². The van der Waals surface area contributed by atoms with E-state index < -0.39 is 0 Å². The summed E-state index contributed by atoms with van der Waals surface area (Å²) >= 11 is 3.46. The molecule has 0 aliphatic rings. The third kappa shape index (κ3) is 3.10. The highest BCUT2D eigenvalue weighted by atomic mass is 79.9. The van der Waals surface area contributed by atoms with Gasteiger partial charge in [0, 0.05) is 13.2 Å². The Kier molecular flexibility index (Phi) is 5.19. The minimum Gasteiger partial charge on any atom is -0.375 e. The molecule has 0 amide bonds. The van der Waals surface area contributed by atoms with Gasteiger partial charge >= 0.3 is 0 Å². The van der Waals surface area contributed by atoms with E-state index in [-0.39, 0.29) is 0 Å². The maximum atomic E-state index is 5.55. The van der Waals surface area contributed by atoms with Crippen molar-refractivity contribution in [3.05, 3.63) is 16.4 Å². The first kappa shape index (κ1) is 11.7. The van der Waals surface area contributed by atoms with Crippen LogP contribution in [0.25, 0.3) is 0 Å². The van der Waals surface area contributed by atoms with Gasteiger partial charge in [0.1, 0.15) is 0 Å². The van der Waals surface area contributed by atoms with Crippen molar-refractivity contribution in [3.8, 4) is 0 Å². The van der Waals surface area contributed by atoms with E-state index in [0.717, 1.165) is 29.7 Å². The fourth-order valence-corrected chi connectivity index (χ4v) is 1.63. The molecule has 0 aliphatic heterocycles. The van der Waals surface area contributed by atoms with Gasteiger partial charge in [-0.1, -0.05) is 13.3 Å². The van der Waals surface area contributed by atoms with Crippen molar-refractivity contribution in [1.82, 2.24) is 9.78 Å². The van der Waals surface area contributed by atoms with E-state index >= 15 is 0 Å². The van der Waals surface area contributed by atoms with Crippen LogP contribution in [0.1, 0.15) is 32.4 Å². The predicted molar refractivity (Wildman–Crippen MR) is 60.2 cm³/mol. The Morgan fingerprint density at radius 2 is 2.29 bits per heavy atom. The molecule has 1 aromatic rings. The monoisotopic (exact) mass is 260 g/mol. The number of nitrogens with zero attached hydrogens (tertiary/aromatic N) is 2. The number of rotatable bonds is 6. The van der Waals surface area contributed by atoms with E-state index in [2.05, 4.69) is 34.9 Å². The Morgan fingerprint density at radius 1 is 1.50 bits per heavy atom. The van der Waals surface area contributed by atoms with E-state index in [1.165, 1.54) is 6.42 Å². The summed E-state index contributed by atoms with van der Waals surface area (Å²) in [5.74, 6) is 0. The van der Waals surface area contributed by atoms with E-state index in [4.69, 9.17) is 4.74 Å². The van der Waals surface area contributed by atoms with Gasteiger partial charge in [0.15, 0.2) is 0 Å². The first-order valence-corrected chi connectivity index (χ1v) is 5.86. The van der Waals surface area contributed by atoms with Gasteiger partial charge in [0.05, 0.1) is 23.0 Å². The number of ether oxygens (including phenoxy) is 1. The van der Waals surface area contributed by atoms with Gasteiger partial charge in [0.25, 0.3) is 0 Å². The molecule has 0 atom stereocenters. The summed E-state index contributed by atoms with van der Waals surface area (Å²) in [7, 11) is 0. The highest BCUT2D eigenvalue weighted by Gasteiger charge is 2.06. The van der Waals surface area contributed by atoms with Gasteiger partial charge in [-0.05, 0) is 29.3 Å². The summed E-state index contributed by atoms with van der Waals surface area (Å²) in [6, 6.07) is 0. The van der Waals surface area contributed by atoms with Crippen molar-refractivity contribution < 1.29 is 4.74 Å². The van der Waals surface area contributed by atoms with Gasteiger partial charge in [-0.25, -0.2) is 0 Å². The predicted octanol–water partition coefficient (Wildman–Crippen LogP) is 2.98. The highest BCUT2D eigenvalue weighted by molar-refractivity contribution is 9.10. The van der Waals surface area contributed by atoms with Gasteiger partial charge in [0.2, 0.25) is 0 Å². The molecule has 0 aromatic carbocycles. The Hall–Kier alpha value is -0.350. The lowest BCUT2D eigenvalue weighted by molar-refractivity contribution is 0.112. The van der Waals surface area contributed by atoms with Crippen molar-refractivity contribution in [2.45, 2.75) is 39.8 Å². The number of aromatic nitrogens is 2. The number of hydrogen-bond donors (Lipinski definition) is 0. The largest absolute Gasteiger partial charge is 0.375 e. The highest BCUT2D eigenvalue weighted by Crippen LogP contribution is 2.16. The zero-order chi connectivity index (χ0) is 10.4. The maximum Gasteiger partial charge on any atom is 0.0896 e. The molecule has 0 aliphatic carbocycles. The van der Waals surface area contributed by atoms with Crippen molar-refractivity contribution in [2.75, 3.05) is 6.61 Å². The van der Waals surface area contributed by atoms with Crippen molar-refractivity contribution >= 4 is 15.9 Å². The minimum atomic E-state index is 0.647. The Labute approximate surface area is 93.6 Å². The lowest BCUT2D eigenvalue weighted by Gasteiger charge is -2.06. The molecule has 3 nitrogen and oxygen atoms in total. The average molecular weight is 261 g/mol. The number of unbranched alkanes of at least 4 members (excludes halogenated alkanes) is 1. The Balaban J connectivity index is 2.44. The van der Waals surface area contributed by atoms with Crippen LogP contribution in [0.3, 0.4) is 0 Å². The lowest BCUT2D eigenvalue weighted by Crippen LogP contribution is -2.05. The van der Waals surface area contributed by atoms with Crippen molar-refractivity contribution in [1.29, 1.82) is 0 Å². The quantitative estimate of drug-likeness (QED) is 0.736. The van der Waals surface area contributed by atoms with Gasteiger partial charge in [-0.2, -0.15) is 5.10 Å². The first-order valence-electron chi connectivity index (χ1n) is 5.07. The second-order valence-corrected chi connectivity index (χ2v) is 4.02. The standard InChI is InChI=1S/C10H17BrN2O/c1-3-5-6-14-8-10-9(11)7-12-13(10)4-2/h7H,3-6,8H2,1-2H3. The summed E-state index contributed by atoms with van der Waals surface area (Å²) in [6.45, 7) is 6.61. The van der Waals surface area contributed by atoms with E-state index in [0.29, 0.717) is 6.61 Å². The number of hydrogen-bond acceptors (Lipinski definition) is 2. The normalized spacial score (nSPS) is 10.8. The third-order valence-corrected chi connectivity index (χ3v) is 2.74. The first-order chi connectivity index (χ1) is 6.79. The van der Waals surface area contributed by atoms with Gasteiger partial charge in [-0.15, -0.1) is 0 Å². The molecule has 0 radical (unpaired) electrons. The molecule has 0 saturated carbocycles. The van der Waals surface area contributed by atoms with Crippen LogP contribution in [-0.4, -0.2) is 16.4 Å². The molecule has 0 fully saturated rings. The van der Waals surface area contributed by atoms with Crippen molar-refractivity contribution in [3.63, 3.8) is 0 Å². The number of aryl methyl sites for hydroxylation is 1. The summed E-state index contributed by atoms with van der Waals surface area (Å²) in [5.41, 5.74) is 1.13. The van der Waals surface area contributed by atoms with Crippen LogP contribution in [0, 0.1) is 0 Å². The zero-order valence-electron chi connectivity index (χ0n) is 8.79. The van der Waals surface area contributed by atoms with E-state index in [9.17, 15) is 0 Å². The second kappa shape index (κ2) is 6.19. The van der Waals surface area contributed by atoms with Crippen LogP contribution in [0.15, 0.2) is 10.7 Å². The lowest BCUT2D eigenvalue weighted by atomic mass is 10.4. The Morgan fingerprint density at radius 3 is 2.93 bits per heavy atom. The van der Waals surface area contributed by atoms with Crippen LogP contribution in [0.5, 0.6) is 0 Å². The second-order valence-electron chi connectivity index (χ2n) is 3.16. The summed E-state index contributed by atoms with van der Waals surface area (Å²) in [5, 5.41) is 4.22. The fraction of sp³-hybridized carbons (Fsp3) is 0.700. The molecule has 0 N–H and O–H groups in total. The molecule has 14 heavy (non-hydrogen) atoms. The zero-order valence-corrected chi connectivity index (χ0v) is 10.4.